The summed E-state index contributed by atoms with van der Waals surface area (Å²) < 4.78 is 5.43. The largest absolute Gasteiger partial charge is 0.380 e. The molecule has 1 aromatic carbocycles. The number of hydrogen-bond acceptors (Lipinski definition) is 2. The highest BCUT2D eigenvalue weighted by molar-refractivity contribution is 5.48. The van der Waals surface area contributed by atoms with Gasteiger partial charge in [-0.25, -0.2) is 0 Å². The number of hydrogen-bond donors (Lipinski definition) is 0. The maximum atomic E-state index is 5.43. The second-order valence-electron chi connectivity index (χ2n) is 3.79. The minimum Gasteiger partial charge on any atom is -0.380 e. The molecule has 1 aliphatic heterocycles. The van der Waals surface area contributed by atoms with E-state index in [0.717, 1.165) is 32.7 Å². The summed E-state index contributed by atoms with van der Waals surface area (Å²) in [5.41, 5.74) is 2.66. The van der Waals surface area contributed by atoms with E-state index in [9.17, 15) is 0 Å². The first-order chi connectivity index (χ1) is 6.86. The molecule has 1 aliphatic rings. The molecule has 2 rings (SSSR count). The van der Waals surface area contributed by atoms with Crippen LogP contribution in [0.2, 0.25) is 0 Å². The summed E-state index contributed by atoms with van der Waals surface area (Å²) in [6.07, 6.45) is 1.13. The monoisotopic (exact) mass is 191 g/mol. The Morgan fingerprint density at radius 3 is 3.00 bits per heavy atom. The van der Waals surface area contributed by atoms with Gasteiger partial charge in [-0.3, -0.25) is 0 Å². The van der Waals surface area contributed by atoms with Crippen molar-refractivity contribution < 1.29 is 4.74 Å². The van der Waals surface area contributed by atoms with Crippen molar-refractivity contribution in [2.45, 2.75) is 13.3 Å². The lowest BCUT2D eigenvalue weighted by Gasteiger charge is -2.22. The van der Waals surface area contributed by atoms with Gasteiger partial charge in [-0.2, -0.15) is 0 Å². The van der Waals surface area contributed by atoms with Crippen LogP contribution in [0.4, 0.5) is 5.69 Å². The minimum absolute atomic E-state index is 0.855. The Labute approximate surface area is 85.5 Å². The smallest absolute Gasteiger partial charge is 0.0641 e. The lowest BCUT2D eigenvalue weighted by atomic mass is 10.2. The van der Waals surface area contributed by atoms with Crippen molar-refractivity contribution in [1.29, 1.82) is 0 Å². The zero-order chi connectivity index (χ0) is 9.80. The Balaban J connectivity index is 2.12. The Kier molecular flexibility index (Phi) is 3.04. The van der Waals surface area contributed by atoms with Crippen LogP contribution < -0.4 is 4.90 Å². The second kappa shape index (κ2) is 4.47. The number of ether oxygens (including phenoxy) is 1. The van der Waals surface area contributed by atoms with Crippen LogP contribution in [0.25, 0.3) is 0 Å². The molecule has 0 N–H and O–H groups in total. The summed E-state index contributed by atoms with van der Waals surface area (Å²) in [6.45, 7) is 6.03. The molecular weight excluding hydrogens is 174 g/mol. The molecule has 1 heterocycles. The Morgan fingerprint density at radius 2 is 2.14 bits per heavy atom. The van der Waals surface area contributed by atoms with Crippen LogP contribution >= 0.6 is 0 Å². The molecule has 0 bridgehead atoms. The van der Waals surface area contributed by atoms with Crippen molar-refractivity contribution in [2.24, 2.45) is 0 Å². The summed E-state index contributed by atoms with van der Waals surface area (Å²) >= 11 is 0. The van der Waals surface area contributed by atoms with Gasteiger partial charge >= 0.3 is 0 Å². The lowest BCUT2D eigenvalue weighted by Crippen LogP contribution is -2.25. The predicted octanol–water partition coefficient (Wildman–Crippen LogP) is 2.22. The summed E-state index contributed by atoms with van der Waals surface area (Å²) in [5, 5.41) is 0. The SMILES string of the molecule is Cc1cccc(N2CCCOCC2)c1. The van der Waals surface area contributed by atoms with Gasteiger partial charge in [0.15, 0.2) is 0 Å². The van der Waals surface area contributed by atoms with Crippen LogP contribution in [0.5, 0.6) is 0 Å². The topological polar surface area (TPSA) is 12.5 Å². The number of nitrogens with zero attached hydrogens (tertiary/aromatic N) is 1. The summed E-state index contributed by atoms with van der Waals surface area (Å²) in [5.74, 6) is 0. The third-order valence-electron chi connectivity index (χ3n) is 2.59. The van der Waals surface area contributed by atoms with Gasteiger partial charge in [-0.05, 0) is 31.0 Å². The van der Waals surface area contributed by atoms with Crippen LogP contribution in [0.1, 0.15) is 12.0 Å². The quantitative estimate of drug-likeness (QED) is 0.675. The van der Waals surface area contributed by atoms with Crippen molar-refractivity contribution in [1.82, 2.24) is 0 Å². The molecule has 0 spiro atoms. The number of benzene rings is 1. The van der Waals surface area contributed by atoms with E-state index < -0.39 is 0 Å². The molecule has 1 aromatic rings. The summed E-state index contributed by atoms with van der Waals surface area (Å²) in [4.78, 5) is 2.40. The van der Waals surface area contributed by atoms with Gasteiger partial charge in [-0.15, -0.1) is 0 Å². The molecule has 0 radical (unpaired) electrons. The van der Waals surface area contributed by atoms with E-state index in [2.05, 4.69) is 36.1 Å². The zero-order valence-electron chi connectivity index (χ0n) is 8.70. The number of anilines is 1. The van der Waals surface area contributed by atoms with Crippen molar-refractivity contribution in [3.05, 3.63) is 29.8 Å². The summed E-state index contributed by atoms with van der Waals surface area (Å²) in [7, 11) is 0. The van der Waals surface area contributed by atoms with Gasteiger partial charge in [0.25, 0.3) is 0 Å². The van der Waals surface area contributed by atoms with Gasteiger partial charge < -0.3 is 9.64 Å². The average molecular weight is 191 g/mol. The van der Waals surface area contributed by atoms with Crippen LogP contribution in [0, 0.1) is 6.92 Å². The van der Waals surface area contributed by atoms with E-state index in [1.54, 1.807) is 0 Å². The van der Waals surface area contributed by atoms with Crippen LogP contribution in [-0.2, 0) is 4.74 Å². The molecule has 0 saturated carbocycles. The first kappa shape index (κ1) is 9.53. The minimum atomic E-state index is 0.855. The Morgan fingerprint density at radius 1 is 1.21 bits per heavy atom. The van der Waals surface area contributed by atoms with Crippen LogP contribution in [0.3, 0.4) is 0 Å². The van der Waals surface area contributed by atoms with Gasteiger partial charge in [0.1, 0.15) is 0 Å². The first-order valence-corrected chi connectivity index (χ1v) is 5.25. The molecular formula is C12H17NO. The molecule has 1 saturated heterocycles. The maximum Gasteiger partial charge on any atom is 0.0641 e. The second-order valence-corrected chi connectivity index (χ2v) is 3.79. The zero-order valence-corrected chi connectivity index (χ0v) is 8.70. The highest BCUT2D eigenvalue weighted by Crippen LogP contribution is 2.16. The van der Waals surface area contributed by atoms with E-state index in [1.807, 2.05) is 0 Å². The molecule has 1 fully saturated rings. The van der Waals surface area contributed by atoms with Gasteiger partial charge in [0.05, 0.1) is 6.61 Å². The van der Waals surface area contributed by atoms with E-state index in [0.29, 0.717) is 0 Å². The summed E-state index contributed by atoms with van der Waals surface area (Å²) in [6, 6.07) is 8.68. The van der Waals surface area contributed by atoms with E-state index >= 15 is 0 Å². The third kappa shape index (κ3) is 2.26. The number of rotatable bonds is 1. The van der Waals surface area contributed by atoms with Crippen molar-refractivity contribution >= 4 is 5.69 Å². The van der Waals surface area contributed by atoms with Crippen LogP contribution in [0.15, 0.2) is 24.3 Å². The maximum absolute atomic E-state index is 5.43. The fourth-order valence-electron chi connectivity index (χ4n) is 1.83. The molecule has 0 unspecified atom stereocenters. The van der Waals surface area contributed by atoms with Crippen molar-refractivity contribution in [2.75, 3.05) is 31.2 Å². The molecule has 0 aliphatic carbocycles. The third-order valence-corrected chi connectivity index (χ3v) is 2.59. The van der Waals surface area contributed by atoms with Crippen molar-refractivity contribution in [3.8, 4) is 0 Å². The normalized spacial score (nSPS) is 17.9. The Bertz CT molecular complexity index is 290. The first-order valence-electron chi connectivity index (χ1n) is 5.25. The van der Waals surface area contributed by atoms with E-state index in [1.165, 1.54) is 11.3 Å². The molecule has 2 heteroatoms. The molecule has 0 atom stereocenters. The predicted molar refractivity (Wildman–Crippen MR) is 58.8 cm³/mol. The standard InChI is InChI=1S/C12H17NO/c1-11-4-2-5-12(10-11)13-6-3-8-14-9-7-13/h2,4-5,10H,3,6-9H2,1H3. The molecule has 0 amide bonds. The fraction of sp³-hybridized carbons (Fsp3) is 0.500. The highest BCUT2D eigenvalue weighted by atomic mass is 16.5. The molecule has 2 nitrogen and oxygen atoms in total. The number of aryl methyl sites for hydroxylation is 1. The molecule has 0 aromatic heterocycles. The van der Waals surface area contributed by atoms with Gasteiger partial charge in [0.2, 0.25) is 0 Å². The Hall–Kier alpha value is -1.02. The molecule has 76 valence electrons. The average Bonchev–Trinajstić information content (AvgIpc) is 2.45. The van der Waals surface area contributed by atoms with E-state index in [4.69, 9.17) is 4.74 Å². The lowest BCUT2D eigenvalue weighted by molar-refractivity contribution is 0.152. The van der Waals surface area contributed by atoms with E-state index in [-0.39, 0.29) is 0 Å². The van der Waals surface area contributed by atoms with Crippen LogP contribution in [-0.4, -0.2) is 26.3 Å². The highest BCUT2D eigenvalue weighted by Gasteiger charge is 2.09. The molecule has 14 heavy (non-hydrogen) atoms. The fourth-order valence-corrected chi connectivity index (χ4v) is 1.83. The van der Waals surface area contributed by atoms with Gasteiger partial charge in [-0.1, -0.05) is 12.1 Å². The van der Waals surface area contributed by atoms with Crippen molar-refractivity contribution in [3.63, 3.8) is 0 Å². The van der Waals surface area contributed by atoms with Gasteiger partial charge in [0, 0.05) is 25.4 Å².